The molecule has 0 unspecified atom stereocenters. The van der Waals surface area contributed by atoms with Crippen molar-refractivity contribution in [1.29, 1.82) is 0 Å². The van der Waals surface area contributed by atoms with E-state index in [0.29, 0.717) is 6.04 Å². The first-order chi connectivity index (χ1) is 5.34. The summed E-state index contributed by atoms with van der Waals surface area (Å²) in [7, 11) is 0. The van der Waals surface area contributed by atoms with Crippen LogP contribution in [0.5, 0.6) is 0 Å². The fourth-order valence-electron chi connectivity index (χ4n) is 1.52. The molecule has 0 heterocycles. The van der Waals surface area contributed by atoms with Crippen molar-refractivity contribution in [3.63, 3.8) is 0 Å². The Morgan fingerprint density at radius 2 is 2.36 bits per heavy atom. The second-order valence-corrected chi connectivity index (χ2v) is 4.04. The highest BCUT2D eigenvalue weighted by Crippen LogP contribution is 2.18. The lowest BCUT2D eigenvalue weighted by atomic mass is 10.2. The Kier molecular flexibility index (Phi) is 4.26. The standard InChI is InChI=1S/C8H17NOS/c1-11-6-5-9-7-3-2-4-8(7)10/h7-10H,2-6H2,1H3/t7-,8-/m1/s1. The normalized spacial score (nSPS) is 31.1. The van der Waals surface area contributed by atoms with E-state index in [2.05, 4.69) is 11.6 Å². The number of nitrogens with one attached hydrogen (secondary N) is 1. The monoisotopic (exact) mass is 175 g/mol. The van der Waals surface area contributed by atoms with Gasteiger partial charge in [0.2, 0.25) is 0 Å². The Hall–Kier alpha value is 0.270. The molecule has 11 heavy (non-hydrogen) atoms. The van der Waals surface area contributed by atoms with Crippen LogP contribution in [0, 0.1) is 0 Å². The van der Waals surface area contributed by atoms with E-state index >= 15 is 0 Å². The summed E-state index contributed by atoms with van der Waals surface area (Å²) in [5.74, 6) is 1.14. The quantitative estimate of drug-likeness (QED) is 0.621. The van der Waals surface area contributed by atoms with E-state index in [1.165, 1.54) is 6.42 Å². The topological polar surface area (TPSA) is 32.3 Å². The third-order valence-electron chi connectivity index (χ3n) is 2.19. The van der Waals surface area contributed by atoms with Gasteiger partial charge >= 0.3 is 0 Å². The highest BCUT2D eigenvalue weighted by atomic mass is 32.2. The molecule has 2 N–H and O–H groups in total. The van der Waals surface area contributed by atoms with Gasteiger partial charge in [0, 0.05) is 18.3 Å². The molecule has 66 valence electrons. The van der Waals surface area contributed by atoms with Crippen LogP contribution in [0.1, 0.15) is 19.3 Å². The Labute approximate surface area is 72.8 Å². The van der Waals surface area contributed by atoms with Crippen LogP contribution in [0.25, 0.3) is 0 Å². The van der Waals surface area contributed by atoms with E-state index in [9.17, 15) is 5.11 Å². The van der Waals surface area contributed by atoms with E-state index < -0.39 is 0 Å². The van der Waals surface area contributed by atoms with Crippen molar-refractivity contribution in [1.82, 2.24) is 5.32 Å². The number of aliphatic hydroxyl groups excluding tert-OH is 1. The van der Waals surface area contributed by atoms with Crippen molar-refractivity contribution in [3.8, 4) is 0 Å². The van der Waals surface area contributed by atoms with Gasteiger partial charge in [0.1, 0.15) is 0 Å². The number of rotatable bonds is 4. The zero-order valence-corrected chi connectivity index (χ0v) is 7.86. The highest BCUT2D eigenvalue weighted by Gasteiger charge is 2.23. The van der Waals surface area contributed by atoms with E-state index in [-0.39, 0.29) is 6.10 Å². The molecule has 0 spiro atoms. The molecule has 1 aliphatic carbocycles. The molecule has 2 nitrogen and oxygen atoms in total. The van der Waals surface area contributed by atoms with Gasteiger partial charge < -0.3 is 10.4 Å². The van der Waals surface area contributed by atoms with Crippen LogP contribution in [0.15, 0.2) is 0 Å². The lowest BCUT2D eigenvalue weighted by Crippen LogP contribution is -2.36. The molecule has 1 saturated carbocycles. The zero-order valence-electron chi connectivity index (χ0n) is 7.05. The van der Waals surface area contributed by atoms with Gasteiger partial charge in [-0.2, -0.15) is 11.8 Å². The Bertz CT molecular complexity index is 110. The number of hydrogen-bond donors (Lipinski definition) is 2. The molecule has 0 saturated heterocycles. The summed E-state index contributed by atoms with van der Waals surface area (Å²) in [6.07, 6.45) is 5.33. The van der Waals surface area contributed by atoms with E-state index in [4.69, 9.17) is 0 Å². The Morgan fingerprint density at radius 1 is 1.55 bits per heavy atom. The van der Waals surface area contributed by atoms with Crippen LogP contribution in [0.3, 0.4) is 0 Å². The Balaban J connectivity index is 2.05. The van der Waals surface area contributed by atoms with Gasteiger partial charge in [-0.1, -0.05) is 0 Å². The molecule has 0 aromatic carbocycles. The number of hydrogen-bond acceptors (Lipinski definition) is 3. The van der Waals surface area contributed by atoms with Crippen molar-refractivity contribution in [2.75, 3.05) is 18.6 Å². The van der Waals surface area contributed by atoms with Crippen LogP contribution >= 0.6 is 11.8 Å². The predicted molar refractivity (Wildman–Crippen MR) is 50.0 cm³/mol. The fourth-order valence-corrected chi connectivity index (χ4v) is 1.85. The smallest absolute Gasteiger partial charge is 0.0693 e. The molecule has 1 aliphatic rings. The average Bonchev–Trinajstić information content (AvgIpc) is 2.37. The van der Waals surface area contributed by atoms with Crippen LogP contribution in [0.4, 0.5) is 0 Å². The first-order valence-corrected chi connectivity index (χ1v) is 5.64. The molecule has 1 fully saturated rings. The second kappa shape index (κ2) is 5.01. The molecular weight excluding hydrogens is 158 g/mol. The number of aliphatic hydroxyl groups is 1. The van der Waals surface area contributed by atoms with Gasteiger partial charge in [-0.3, -0.25) is 0 Å². The third-order valence-corrected chi connectivity index (χ3v) is 2.80. The average molecular weight is 175 g/mol. The minimum absolute atomic E-state index is 0.0862. The van der Waals surface area contributed by atoms with E-state index in [1.807, 2.05) is 11.8 Å². The number of thioether (sulfide) groups is 1. The molecule has 0 aromatic heterocycles. The minimum atomic E-state index is -0.0862. The maximum absolute atomic E-state index is 9.42. The first-order valence-electron chi connectivity index (χ1n) is 4.25. The van der Waals surface area contributed by atoms with Gasteiger partial charge in [-0.25, -0.2) is 0 Å². The summed E-state index contributed by atoms with van der Waals surface area (Å²) >= 11 is 1.84. The van der Waals surface area contributed by atoms with Crippen molar-refractivity contribution in [2.24, 2.45) is 0 Å². The van der Waals surface area contributed by atoms with Crippen LogP contribution in [-0.2, 0) is 0 Å². The summed E-state index contributed by atoms with van der Waals surface area (Å²) in [4.78, 5) is 0. The SMILES string of the molecule is CSCCN[C@@H]1CCC[C@H]1O. The minimum Gasteiger partial charge on any atom is -0.392 e. The summed E-state index contributed by atoms with van der Waals surface area (Å²) in [5, 5.41) is 12.8. The van der Waals surface area contributed by atoms with Gasteiger partial charge in [-0.05, 0) is 25.5 Å². The molecule has 3 heteroatoms. The van der Waals surface area contributed by atoms with Crippen molar-refractivity contribution in [3.05, 3.63) is 0 Å². The van der Waals surface area contributed by atoms with Gasteiger partial charge in [0.15, 0.2) is 0 Å². The van der Waals surface area contributed by atoms with Crippen LogP contribution < -0.4 is 5.32 Å². The fraction of sp³-hybridized carbons (Fsp3) is 1.00. The van der Waals surface area contributed by atoms with Crippen molar-refractivity contribution < 1.29 is 5.11 Å². The predicted octanol–water partition coefficient (Wildman–Crippen LogP) is 0.852. The zero-order chi connectivity index (χ0) is 8.10. The molecular formula is C8H17NOS. The molecule has 0 bridgehead atoms. The van der Waals surface area contributed by atoms with Crippen molar-refractivity contribution in [2.45, 2.75) is 31.4 Å². The summed E-state index contributed by atoms with van der Waals surface area (Å²) in [6.45, 7) is 1.03. The summed E-state index contributed by atoms with van der Waals surface area (Å²) in [5.41, 5.74) is 0. The maximum atomic E-state index is 9.42. The van der Waals surface area contributed by atoms with Crippen LogP contribution in [-0.4, -0.2) is 35.8 Å². The van der Waals surface area contributed by atoms with Gasteiger partial charge in [0.25, 0.3) is 0 Å². The molecule has 0 aliphatic heterocycles. The van der Waals surface area contributed by atoms with E-state index in [0.717, 1.165) is 25.1 Å². The highest BCUT2D eigenvalue weighted by molar-refractivity contribution is 7.98. The summed E-state index contributed by atoms with van der Waals surface area (Å²) < 4.78 is 0. The first kappa shape index (κ1) is 9.36. The maximum Gasteiger partial charge on any atom is 0.0693 e. The third kappa shape index (κ3) is 3.01. The van der Waals surface area contributed by atoms with E-state index in [1.54, 1.807) is 0 Å². The second-order valence-electron chi connectivity index (χ2n) is 3.05. The molecule has 0 amide bonds. The Morgan fingerprint density at radius 3 is 2.91 bits per heavy atom. The molecule has 1 rings (SSSR count). The van der Waals surface area contributed by atoms with Gasteiger partial charge in [0.05, 0.1) is 6.10 Å². The van der Waals surface area contributed by atoms with Crippen molar-refractivity contribution >= 4 is 11.8 Å². The molecule has 0 radical (unpaired) electrons. The lowest BCUT2D eigenvalue weighted by Gasteiger charge is -2.15. The van der Waals surface area contributed by atoms with Crippen LogP contribution in [0.2, 0.25) is 0 Å². The van der Waals surface area contributed by atoms with Gasteiger partial charge in [-0.15, -0.1) is 0 Å². The summed E-state index contributed by atoms with van der Waals surface area (Å²) in [6, 6.07) is 0.377. The molecule has 0 aromatic rings. The lowest BCUT2D eigenvalue weighted by molar-refractivity contribution is 0.150. The largest absolute Gasteiger partial charge is 0.392 e. The molecule has 2 atom stereocenters.